The van der Waals surface area contributed by atoms with E-state index in [1.165, 1.54) is 6.42 Å². The molecule has 1 fully saturated rings. The number of methoxy groups -OCH3 is 1. The van der Waals surface area contributed by atoms with Crippen molar-refractivity contribution < 1.29 is 9.84 Å². The summed E-state index contributed by atoms with van der Waals surface area (Å²) in [5.74, 6) is 0. The molecule has 1 saturated carbocycles. The van der Waals surface area contributed by atoms with Crippen LogP contribution in [-0.2, 0) is 4.74 Å². The number of ether oxygens (including phenoxy) is 1. The van der Waals surface area contributed by atoms with Crippen LogP contribution in [0, 0.1) is 0 Å². The van der Waals surface area contributed by atoms with Crippen LogP contribution in [0.3, 0.4) is 0 Å². The topological polar surface area (TPSA) is 41.5 Å². The SMILES string of the molecule is COCCC(C)NC1(CO)CCC1. The van der Waals surface area contributed by atoms with E-state index in [4.69, 9.17) is 4.74 Å². The van der Waals surface area contributed by atoms with E-state index < -0.39 is 0 Å². The van der Waals surface area contributed by atoms with Crippen LogP contribution in [0.5, 0.6) is 0 Å². The summed E-state index contributed by atoms with van der Waals surface area (Å²) >= 11 is 0. The largest absolute Gasteiger partial charge is 0.394 e. The zero-order chi connectivity index (χ0) is 9.73. The Morgan fingerprint density at radius 3 is 2.62 bits per heavy atom. The third kappa shape index (κ3) is 2.93. The molecule has 0 heterocycles. The fourth-order valence-electron chi connectivity index (χ4n) is 1.84. The van der Waals surface area contributed by atoms with E-state index in [0.717, 1.165) is 25.9 Å². The first-order chi connectivity index (χ1) is 6.22. The summed E-state index contributed by atoms with van der Waals surface area (Å²) in [5.41, 5.74) is 0.0349. The zero-order valence-electron chi connectivity index (χ0n) is 8.68. The van der Waals surface area contributed by atoms with Crippen molar-refractivity contribution in [3.05, 3.63) is 0 Å². The summed E-state index contributed by atoms with van der Waals surface area (Å²) in [7, 11) is 1.72. The van der Waals surface area contributed by atoms with Gasteiger partial charge in [-0.2, -0.15) is 0 Å². The quantitative estimate of drug-likeness (QED) is 0.649. The maximum atomic E-state index is 9.22. The standard InChI is InChI=1S/C10H21NO2/c1-9(4-7-13-2)11-10(8-12)5-3-6-10/h9,11-12H,3-8H2,1-2H3. The summed E-state index contributed by atoms with van der Waals surface area (Å²) in [4.78, 5) is 0. The highest BCUT2D eigenvalue weighted by atomic mass is 16.5. The summed E-state index contributed by atoms with van der Waals surface area (Å²) < 4.78 is 5.01. The van der Waals surface area contributed by atoms with Crippen LogP contribution in [0.25, 0.3) is 0 Å². The highest BCUT2D eigenvalue weighted by Gasteiger charge is 2.36. The summed E-state index contributed by atoms with van der Waals surface area (Å²) in [6, 6.07) is 0.437. The van der Waals surface area contributed by atoms with Crippen molar-refractivity contribution in [2.24, 2.45) is 0 Å². The lowest BCUT2D eigenvalue weighted by atomic mass is 9.77. The van der Waals surface area contributed by atoms with Gasteiger partial charge in [0.05, 0.1) is 6.61 Å². The molecule has 0 spiro atoms. The van der Waals surface area contributed by atoms with E-state index in [1.54, 1.807) is 7.11 Å². The minimum absolute atomic E-state index is 0.0349. The maximum Gasteiger partial charge on any atom is 0.0613 e. The van der Waals surface area contributed by atoms with Gasteiger partial charge in [0.25, 0.3) is 0 Å². The van der Waals surface area contributed by atoms with Crippen molar-refractivity contribution in [2.45, 2.75) is 44.2 Å². The molecule has 1 aliphatic carbocycles. The first-order valence-corrected chi connectivity index (χ1v) is 5.10. The van der Waals surface area contributed by atoms with Crippen molar-refractivity contribution >= 4 is 0 Å². The van der Waals surface area contributed by atoms with Crippen LogP contribution in [0.2, 0.25) is 0 Å². The van der Waals surface area contributed by atoms with E-state index in [-0.39, 0.29) is 12.1 Å². The molecule has 78 valence electrons. The molecule has 1 rings (SSSR count). The number of nitrogens with one attached hydrogen (secondary N) is 1. The molecule has 0 saturated heterocycles. The number of aliphatic hydroxyl groups is 1. The van der Waals surface area contributed by atoms with Crippen molar-refractivity contribution in [3.8, 4) is 0 Å². The Morgan fingerprint density at radius 2 is 2.23 bits per heavy atom. The zero-order valence-corrected chi connectivity index (χ0v) is 8.68. The van der Waals surface area contributed by atoms with Gasteiger partial charge in [0.1, 0.15) is 0 Å². The highest BCUT2D eigenvalue weighted by Crippen LogP contribution is 2.31. The lowest BCUT2D eigenvalue weighted by Gasteiger charge is -2.43. The predicted molar refractivity (Wildman–Crippen MR) is 52.8 cm³/mol. The van der Waals surface area contributed by atoms with Crippen LogP contribution >= 0.6 is 0 Å². The molecule has 1 atom stereocenters. The third-order valence-electron chi connectivity index (χ3n) is 2.92. The Hall–Kier alpha value is -0.120. The van der Waals surface area contributed by atoms with Gasteiger partial charge in [-0.15, -0.1) is 0 Å². The fraction of sp³-hybridized carbons (Fsp3) is 1.00. The van der Waals surface area contributed by atoms with Crippen LogP contribution in [-0.4, -0.2) is 37.0 Å². The molecule has 0 aromatic rings. The molecule has 0 bridgehead atoms. The molecule has 1 aliphatic rings. The Labute approximate surface area is 80.5 Å². The molecule has 0 aromatic heterocycles. The van der Waals surface area contributed by atoms with E-state index in [1.807, 2.05) is 0 Å². The van der Waals surface area contributed by atoms with Gasteiger partial charge in [-0.3, -0.25) is 0 Å². The minimum Gasteiger partial charge on any atom is -0.394 e. The van der Waals surface area contributed by atoms with E-state index >= 15 is 0 Å². The van der Waals surface area contributed by atoms with Crippen molar-refractivity contribution in [1.82, 2.24) is 5.32 Å². The molecule has 0 amide bonds. The van der Waals surface area contributed by atoms with Crippen molar-refractivity contribution in [3.63, 3.8) is 0 Å². The van der Waals surface area contributed by atoms with Crippen LogP contribution in [0.4, 0.5) is 0 Å². The monoisotopic (exact) mass is 187 g/mol. The molecule has 0 aliphatic heterocycles. The molecular weight excluding hydrogens is 166 g/mol. The van der Waals surface area contributed by atoms with Gasteiger partial charge in [0.2, 0.25) is 0 Å². The normalized spacial score (nSPS) is 22.4. The first kappa shape index (κ1) is 11.0. The Kier molecular flexibility index (Phi) is 4.16. The van der Waals surface area contributed by atoms with E-state index in [0.29, 0.717) is 6.04 Å². The molecule has 0 aromatic carbocycles. The van der Waals surface area contributed by atoms with Gasteiger partial charge in [-0.25, -0.2) is 0 Å². The molecule has 2 N–H and O–H groups in total. The average Bonchev–Trinajstić information content (AvgIpc) is 2.08. The number of hydrogen-bond donors (Lipinski definition) is 2. The molecule has 3 nitrogen and oxygen atoms in total. The average molecular weight is 187 g/mol. The fourth-order valence-corrected chi connectivity index (χ4v) is 1.84. The van der Waals surface area contributed by atoms with Crippen molar-refractivity contribution in [2.75, 3.05) is 20.3 Å². The van der Waals surface area contributed by atoms with Crippen molar-refractivity contribution in [1.29, 1.82) is 0 Å². The van der Waals surface area contributed by atoms with E-state index in [9.17, 15) is 5.11 Å². The molecule has 13 heavy (non-hydrogen) atoms. The highest BCUT2D eigenvalue weighted by molar-refractivity contribution is 4.96. The number of hydrogen-bond acceptors (Lipinski definition) is 3. The second-order valence-corrected chi connectivity index (χ2v) is 4.12. The Bertz CT molecular complexity index is 140. The van der Waals surface area contributed by atoms with Crippen LogP contribution in [0.1, 0.15) is 32.6 Å². The van der Waals surface area contributed by atoms with Crippen LogP contribution < -0.4 is 5.32 Å². The first-order valence-electron chi connectivity index (χ1n) is 5.10. The smallest absolute Gasteiger partial charge is 0.0613 e. The van der Waals surface area contributed by atoms with Gasteiger partial charge < -0.3 is 15.2 Å². The minimum atomic E-state index is 0.0349. The lowest BCUT2D eigenvalue weighted by molar-refractivity contribution is 0.0725. The van der Waals surface area contributed by atoms with Gasteiger partial charge >= 0.3 is 0 Å². The molecule has 1 unspecified atom stereocenters. The van der Waals surface area contributed by atoms with Gasteiger partial charge in [-0.1, -0.05) is 0 Å². The van der Waals surface area contributed by atoms with Gasteiger partial charge in [0, 0.05) is 25.3 Å². The second-order valence-electron chi connectivity index (χ2n) is 4.12. The summed E-state index contributed by atoms with van der Waals surface area (Å²) in [6.45, 7) is 3.20. The predicted octanol–water partition coefficient (Wildman–Crippen LogP) is 0.916. The summed E-state index contributed by atoms with van der Waals surface area (Å²) in [6.07, 6.45) is 4.48. The van der Waals surface area contributed by atoms with E-state index in [2.05, 4.69) is 12.2 Å². The lowest BCUT2D eigenvalue weighted by Crippen LogP contribution is -2.57. The second kappa shape index (κ2) is 4.94. The maximum absolute atomic E-state index is 9.22. The Balaban J connectivity index is 2.21. The summed E-state index contributed by atoms with van der Waals surface area (Å²) in [5, 5.41) is 12.7. The molecule has 3 heteroatoms. The third-order valence-corrected chi connectivity index (χ3v) is 2.92. The molecule has 0 radical (unpaired) electrons. The van der Waals surface area contributed by atoms with Gasteiger partial charge in [0.15, 0.2) is 0 Å². The van der Waals surface area contributed by atoms with Crippen LogP contribution in [0.15, 0.2) is 0 Å². The molecular formula is C10H21NO2. The van der Waals surface area contributed by atoms with Gasteiger partial charge in [-0.05, 0) is 32.6 Å². The Morgan fingerprint density at radius 1 is 1.54 bits per heavy atom. The number of aliphatic hydroxyl groups excluding tert-OH is 1. The number of rotatable bonds is 6.